The van der Waals surface area contributed by atoms with E-state index >= 15 is 0 Å². The first-order valence-corrected chi connectivity index (χ1v) is 13.9. The Morgan fingerprint density at radius 1 is 0.921 bits per heavy atom. The molecule has 5 atom stereocenters. The molecule has 0 N–H and O–H groups in total. The van der Waals surface area contributed by atoms with Crippen LogP contribution in [0.15, 0.2) is 60.7 Å². The molecule has 0 spiro atoms. The topological polar surface area (TPSA) is 112 Å². The first-order valence-electron chi connectivity index (χ1n) is 12.3. The van der Waals surface area contributed by atoms with E-state index in [1.54, 1.807) is 27.7 Å². The lowest BCUT2D eigenvalue weighted by molar-refractivity contribution is -0.174. The summed E-state index contributed by atoms with van der Waals surface area (Å²) in [4.78, 5) is 42.8. The molecular formula is C27H33N2O8P. The summed E-state index contributed by atoms with van der Waals surface area (Å²) in [5.74, 6) is -3.16. The minimum atomic E-state index is -4.14. The standard InChI is InChI=1S/C27H33N2O8P/c1-17-20(23(30)28(17)24(38(33,34-5)35-6)25(31)37-27(2,3)4)29-21(18-13-9-7-10-14-18)22(36-26(29)32)19-15-11-8-12-16-19/h7-17,20-22,24H,1-6H3. The largest absolute Gasteiger partial charge is 0.458 e. The number of benzene rings is 2. The van der Waals surface area contributed by atoms with E-state index in [1.165, 1.54) is 4.90 Å². The van der Waals surface area contributed by atoms with Crippen molar-refractivity contribution in [3.63, 3.8) is 0 Å². The summed E-state index contributed by atoms with van der Waals surface area (Å²) in [6.07, 6.45) is -1.32. The summed E-state index contributed by atoms with van der Waals surface area (Å²) in [6.45, 7) is 6.64. The second kappa shape index (κ2) is 10.5. The van der Waals surface area contributed by atoms with Crippen LogP contribution in [0.5, 0.6) is 0 Å². The van der Waals surface area contributed by atoms with Gasteiger partial charge in [-0.25, -0.2) is 9.59 Å². The number of likely N-dealkylation sites (tertiary alicyclic amines) is 1. The van der Waals surface area contributed by atoms with Gasteiger partial charge in [-0.2, -0.15) is 0 Å². The first-order chi connectivity index (χ1) is 17.9. The maximum absolute atomic E-state index is 13.8. The molecular weight excluding hydrogens is 511 g/mol. The van der Waals surface area contributed by atoms with Gasteiger partial charge < -0.3 is 23.4 Å². The average molecular weight is 545 g/mol. The molecule has 204 valence electrons. The molecule has 5 unspecified atom stereocenters. The molecule has 2 fully saturated rings. The molecule has 38 heavy (non-hydrogen) atoms. The molecule has 0 aromatic heterocycles. The fraction of sp³-hybridized carbons (Fsp3) is 0.444. The third kappa shape index (κ3) is 4.96. The Bertz CT molecular complexity index is 1220. The average Bonchev–Trinajstić information content (AvgIpc) is 3.23. The van der Waals surface area contributed by atoms with Crippen LogP contribution in [0.3, 0.4) is 0 Å². The fourth-order valence-electron chi connectivity index (χ4n) is 5.01. The smallest absolute Gasteiger partial charge is 0.411 e. The lowest BCUT2D eigenvalue weighted by Crippen LogP contribution is -2.73. The van der Waals surface area contributed by atoms with Gasteiger partial charge in [-0.3, -0.25) is 14.3 Å². The Morgan fingerprint density at radius 3 is 1.92 bits per heavy atom. The maximum atomic E-state index is 13.8. The normalized spacial score (nSPS) is 24.6. The van der Waals surface area contributed by atoms with Gasteiger partial charge in [0, 0.05) is 14.2 Å². The molecule has 0 bridgehead atoms. The monoisotopic (exact) mass is 544 g/mol. The number of carbonyl (C=O) groups is 3. The molecule has 2 aromatic rings. The second-order valence-corrected chi connectivity index (χ2v) is 12.5. The summed E-state index contributed by atoms with van der Waals surface area (Å²) in [7, 11) is -1.86. The summed E-state index contributed by atoms with van der Waals surface area (Å²) < 4.78 is 35.0. The summed E-state index contributed by atoms with van der Waals surface area (Å²) in [6, 6.07) is 16.3. The van der Waals surface area contributed by atoms with Gasteiger partial charge in [0.1, 0.15) is 17.7 Å². The molecule has 11 heteroatoms. The minimum Gasteiger partial charge on any atom is -0.458 e. The molecule has 2 aliphatic heterocycles. The van der Waals surface area contributed by atoms with Gasteiger partial charge in [-0.15, -0.1) is 0 Å². The van der Waals surface area contributed by atoms with E-state index in [9.17, 15) is 18.9 Å². The first kappa shape index (κ1) is 27.8. The van der Waals surface area contributed by atoms with Crippen molar-refractivity contribution in [2.45, 2.75) is 63.3 Å². The molecule has 2 aromatic carbocycles. The molecule has 0 aliphatic carbocycles. The Kier molecular flexibility index (Phi) is 7.70. The molecule has 2 aliphatic rings. The molecule has 4 rings (SSSR count). The quantitative estimate of drug-likeness (QED) is 0.268. The summed E-state index contributed by atoms with van der Waals surface area (Å²) in [5.41, 5.74) is 0.648. The van der Waals surface area contributed by atoms with Crippen LogP contribution in [-0.4, -0.2) is 65.5 Å². The van der Waals surface area contributed by atoms with Gasteiger partial charge in [-0.05, 0) is 38.8 Å². The number of hydrogen-bond acceptors (Lipinski definition) is 8. The zero-order valence-corrected chi connectivity index (χ0v) is 23.2. The molecule has 2 heterocycles. The van der Waals surface area contributed by atoms with Crippen LogP contribution >= 0.6 is 7.60 Å². The van der Waals surface area contributed by atoms with Crippen LogP contribution in [0.1, 0.15) is 51.0 Å². The maximum Gasteiger partial charge on any atom is 0.411 e. The summed E-state index contributed by atoms with van der Waals surface area (Å²) >= 11 is 0. The van der Waals surface area contributed by atoms with Crippen LogP contribution in [0.2, 0.25) is 0 Å². The van der Waals surface area contributed by atoms with E-state index in [2.05, 4.69) is 0 Å². The van der Waals surface area contributed by atoms with Crippen molar-refractivity contribution < 1.29 is 37.5 Å². The Hall–Kier alpha value is -3.20. The molecule has 2 amide bonds. The number of rotatable bonds is 8. The van der Waals surface area contributed by atoms with Gasteiger partial charge in [0.15, 0.2) is 6.10 Å². The SMILES string of the molecule is COP(=O)(OC)C(C(=O)OC(C)(C)C)N1C(=O)C(N2C(=O)OC(c3ccccc3)C2c2ccccc2)C1C. The van der Waals surface area contributed by atoms with Crippen LogP contribution in [0, 0.1) is 0 Å². The van der Waals surface area contributed by atoms with Gasteiger partial charge in [-0.1, -0.05) is 60.7 Å². The van der Waals surface area contributed by atoms with Crippen molar-refractivity contribution in [1.82, 2.24) is 9.80 Å². The number of amides is 2. The van der Waals surface area contributed by atoms with Crippen molar-refractivity contribution in [2.75, 3.05) is 14.2 Å². The highest BCUT2D eigenvalue weighted by atomic mass is 31.2. The van der Waals surface area contributed by atoms with Crippen molar-refractivity contribution in [3.8, 4) is 0 Å². The van der Waals surface area contributed by atoms with E-state index in [1.807, 2.05) is 60.7 Å². The van der Waals surface area contributed by atoms with Gasteiger partial charge in [0.05, 0.1) is 6.04 Å². The lowest BCUT2D eigenvalue weighted by atomic mass is 9.89. The number of β-lactam (4-membered cyclic amide) rings is 1. The van der Waals surface area contributed by atoms with E-state index in [0.29, 0.717) is 0 Å². The van der Waals surface area contributed by atoms with Gasteiger partial charge >= 0.3 is 19.7 Å². The van der Waals surface area contributed by atoms with Crippen LogP contribution in [-0.2, 0) is 32.7 Å². The number of carbonyl (C=O) groups excluding carboxylic acids is 3. The predicted molar refractivity (Wildman–Crippen MR) is 138 cm³/mol. The zero-order chi connectivity index (χ0) is 27.8. The number of ether oxygens (including phenoxy) is 2. The van der Waals surface area contributed by atoms with Crippen molar-refractivity contribution in [1.29, 1.82) is 0 Å². The van der Waals surface area contributed by atoms with Crippen LogP contribution < -0.4 is 0 Å². The van der Waals surface area contributed by atoms with E-state index in [-0.39, 0.29) is 0 Å². The predicted octanol–water partition coefficient (Wildman–Crippen LogP) is 4.67. The van der Waals surface area contributed by atoms with Crippen molar-refractivity contribution in [3.05, 3.63) is 71.8 Å². The summed E-state index contributed by atoms with van der Waals surface area (Å²) in [5, 5.41) is 0. The zero-order valence-electron chi connectivity index (χ0n) is 22.3. The number of cyclic esters (lactones) is 1. The van der Waals surface area contributed by atoms with Crippen molar-refractivity contribution in [2.24, 2.45) is 0 Å². The van der Waals surface area contributed by atoms with Crippen LogP contribution in [0.25, 0.3) is 0 Å². The Morgan fingerprint density at radius 2 is 1.45 bits per heavy atom. The lowest BCUT2D eigenvalue weighted by Gasteiger charge is -2.52. The van der Waals surface area contributed by atoms with E-state index < -0.39 is 61.2 Å². The van der Waals surface area contributed by atoms with Crippen LogP contribution in [0.4, 0.5) is 4.79 Å². The van der Waals surface area contributed by atoms with E-state index in [0.717, 1.165) is 30.2 Å². The van der Waals surface area contributed by atoms with E-state index in [4.69, 9.17) is 18.5 Å². The minimum absolute atomic E-state index is 0.589. The molecule has 10 nitrogen and oxygen atoms in total. The third-order valence-corrected chi connectivity index (χ3v) is 8.76. The number of hydrogen-bond donors (Lipinski definition) is 0. The molecule has 2 saturated heterocycles. The van der Waals surface area contributed by atoms with Gasteiger partial charge in [0.2, 0.25) is 11.7 Å². The fourth-order valence-corrected chi connectivity index (χ4v) is 6.49. The van der Waals surface area contributed by atoms with Gasteiger partial charge in [0.25, 0.3) is 0 Å². The third-order valence-electron chi connectivity index (χ3n) is 6.69. The second-order valence-electron chi connectivity index (χ2n) is 10.2. The Balaban J connectivity index is 1.72. The molecule has 0 radical (unpaired) electrons. The highest BCUT2D eigenvalue weighted by Gasteiger charge is 2.63. The Labute approximate surface area is 222 Å². The van der Waals surface area contributed by atoms with Crippen molar-refractivity contribution >= 4 is 25.6 Å². The number of nitrogens with zero attached hydrogens (tertiary/aromatic N) is 2. The number of esters is 1. The molecule has 0 saturated carbocycles. The highest BCUT2D eigenvalue weighted by molar-refractivity contribution is 7.55. The highest BCUT2D eigenvalue weighted by Crippen LogP contribution is 2.56.